The molecule has 0 aromatic heterocycles. The van der Waals surface area contributed by atoms with Gasteiger partial charge in [0.15, 0.2) is 14.6 Å². The first-order valence-corrected chi connectivity index (χ1v) is 11.1. The van der Waals surface area contributed by atoms with Crippen LogP contribution < -0.4 is 0 Å². The predicted molar refractivity (Wildman–Crippen MR) is 83.5 cm³/mol. The molecular formula is C16H28O5Si. The van der Waals surface area contributed by atoms with Crippen LogP contribution >= 0.6 is 0 Å². The SMILES string of the molecule is C[C@@H]1[C@H]2CO[C@H](O)[C@H]3C(=O)O[C@@H]([C@H]1O[Si](C)(C)C(C)(C)C)[C@@H]23. The zero-order valence-electron chi connectivity index (χ0n) is 14.3. The number of hydrogen-bond donors (Lipinski definition) is 1. The van der Waals surface area contributed by atoms with Crippen LogP contribution in [0.3, 0.4) is 0 Å². The molecule has 0 aromatic rings. The maximum Gasteiger partial charge on any atom is 0.314 e. The highest BCUT2D eigenvalue weighted by Gasteiger charge is 2.64. The Labute approximate surface area is 133 Å². The molecule has 0 bridgehead atoms. The fraction of sp³-hybridized carbons (Fsp3) is 0.938. The van der Waals surface area contributed by atoms with Gasteiger partial charge in [0.2, 0.25) is 0 Å². The smallest absolute Gasteiger partial charge is 0.314 e. The van der Waals surface area contributed by atoms with Gasteiger partial charge in [0.05, 0.1) is 12.7 Å². The first kappa shape index (κ1) is 16.4. The Morgan fingerprint density at radius 3 is 2.55 bits per heavy atom. The molecule has 0 radical (unpaired) electrons. The van der Waals surface area contributed by atoms with Crippen molar-refractivity contribution < 1.29 is 23.8 Å². The average molecular weight is 328 g/mol. The number of carbonyl (C=O) groups excluding carboxylic acids is 1. The van der Waals surface area contributed by atoms with E-state index in [2.05, 4.69) is 40.8 Å². The van der Waals surface area contributed by atoms with E-state index in [1.165, 1.54) is 0 Å². The van der Waals surface area contributed by atoms with E-state index in [1.807, 2.05) is 0 Å². The molecular weight excluding hydrogens is 300 g/mol. The molecule has 6 heteroatoms. The Morgan fingerprint density at radius 2 is 1.95 bits per heavy atom. The fourth-order valence-corrected chi connectivity index (χ4v) is 5.30. The van der Waals surface area contributed by atoms with Crippen LogP contribution in [0.5, 0.6) is 0 Å². The van der Waals surface area contributed by atoms with Crippen molar-refractivity contribution in [3.8, 4) is 0 Å². The van der Waals surface area contributed by atoms with E-state index in [1.54, 1.807) is 0 Å². The number of ether oxygens (including phenoxy) is 2. The van der Waals surface area contributed by atoms with Crippen molar-refractivity contribution >= 4 is 14.3 Å². The number of carbonyl (C=O) groups is 1. The number of aliphatic hydroxyl groups is 1. The normalized spacial score (nSPS) is 44.9. The summed E-state index contributed by atoms with van der Waals surface area (Å²) in [4.78, 5) is 12.1. The Bertz CT molecular complexity index is 472. The summed E-state index contributed by atoms with van der Waals surface area (Å²) >= 11 is 0. The molecule has 2 aliphatic heterocycles. The fourth-order valence-electron chi connectivity index (χ4n) is 3.92. The monoisotopic (exact) mass is 328 g/mol. The van der Waals surface area contributed by atoms with E-state index in [4.69, 9.17) is 13.9 Å². The number of rotatable bonds is 2. The lowest BCUT2D eigenvalue weighted by Gasteiger charge is -2.40. The third kappa shape index (κ3) is 2.27. The van der Waals surface area contributed by atoms with Gasteiger partial charge in [-0.2, -0.15) is 0 Å². The summed E-state index contributed by atoms with van der Waals surface area (Å²) in [7, 11) is -1.95. The lowest BCUT2D eigenvalue weighted by atomic mass is 9.80. The molecule has 2 heterocycles. The van der Waals surface area contributed by atoms with Crippen molar-refractivity contribution in [1.82, 2.24) is 0 Å². The van der Waals surface area contributed by atoms with Crippen molar-refractivity contribution in [2.45, 2.75) is 64.3 Å². The van der Waals surface area contributed by atoms with E-state index in [0.717, 1.165) is 0 Å². The van der Waals surface area contributed by atoms with Gasteiger partial charge < -0.3 is 19.0 Å². The molecule has 0 spiro atoms. The maximum atomic E-state index is 12.1. The minimum absolute atomic E-state index is 0.0287. The highest BCUT2D eigenvalue weighted by molar-refractivity contribution is 6.74. The van der Waals surface area contributed by atoms with Gasteiger partial charge in [-0.3, -0.25) is 4.79 Å². The standard InChI is InChI=1S/C16H28O5Si/c1-8-9-7-19-14(17)11-10(9)13(20-15(11)18)12(8)21-22(5,6)16(2,3)4/h8-14,17H,7H2,1-6H3/t8-,9-,10+,11+,12+,13-,14+/m1/s1. The highest BCUT2D eigenvalue weighted by Crippen LogP contribution is 2.53. The summed E-state index contributed by atoms with van der Waals surface area (Å²) in [5.74, 6) is -0.352. The van der Waals surface area contributed by atoms with Crippen LogP contribution in [0.1, 0.15) is 27.7 Å². The Balaban J connectivity index is 1.87. The van der Waals surface area contributed by atoms with Crippen molar-refractivity contribution in [2.75, 3.05) is 6.61 Å². The third-order valence-corrected chi connectivity index (χ3v) is 10.8. The van der Waals surface area contributed by atoms with Gasteiger partial charge >= 0.3 is 5.97 Å². The molecule has 2 saturated heterocycles. The number of esters is 1. The van der Waals surface area contributed by atoms with Crippen molar-refractivity contribution in [2.24, 2.45) is 23.7 Å². The molecule has 3 rings (SSSR count). The summed E-state index contributed by atoms with van der Waals surface area (Å²) < 4.78 is 17.7. The first-order chi connectivity index (χ1) is 10.0. The second-order valence-corrected chi connectivity index (χ2v) is 13.4. The van der Waals surface area contributed by atoms with E-state index >= 15 is 0 Å². The topological polar surface area (TPSA) is 65.0 Å². The van der Waals surface area contributed by atoms with Gasteiger partial charge in [0, 0.05) is 5.92 Å². The van der Waals surface area contributed by atoms with Gasteiger partial charge in [-0.15, -0.1) is 0 Å². The van der Waals surface area contributed by atoms with Crippen LogP contribution in [-0.2, 0) is 18.7 Å². The number of aliphatic hydroxyl groups excluding tert-OH is 1. The van der Waals surface area contributed by atoms with Crippen LogP contribution in [0.4, 0.5) is 0 Å². The highest BCUT2D eigenvalue weighted by atomic mass is 28.4. The van der Waals surface area contributed by atoms with Crippen LogP contribution in [0.15, 0.2) is 0 Å². The van der Waals surface area contributed by atoms with Crippen molar-refractivity contribution in [3.05, 3.63) is 0 Å². The summed E-state index contributed by atoms with van der Waals surface area (Å²) in [6.07, 6.45) is -1.35. The lowest BCUT2D eigenvalue weighted by molar-refractivity contribution is -0.194. The van der Waals surface area contributed by atoms with E-state index < -0.39 is 20.5 Å². The quantitative estimate of drug-likeness (QED) is 0.621. The van der Waals surface area contributed by atoms with Crippen molar-refractivity contribution in [3.63, 3.8) is 0 Å². The largest absolute Gasteiger partial charge is 0.459 e. The van der Waals surface area contributed by atoms with Crippen LogP contribution in [0.25, 0.3) is 0 Å². The van der Waals surface area contributed by atoms with E-state index in [0.29, 0.717) is 6.61 Å². The molecule has 0 unspecified atom stereocenters. The van der Waals surface area contributed by atoms with Crippen LogP contribution in [0.2, 0.25) is 18.1 Å². The average Bonchev–Trinajstić information content (AvgIpc) is 2.83. The molecule has 1 aliphatic carbocycles. The molecule has 1 saturated carbocycles. The second-order valence-electron chi connectivity index (χ2n) is 8.59. The van der Waals surface area contributed by atoms with Gasteiger partial charge in [-0.05, 0) is 30.0 Å². The Hall–Kier alpha value is -0.433. The first-order valence-electron chi connectivity index (χ1n) is 8.22. The lowest BCUT2D eigenvalue weighted by Crippen LogP contribution is -2.47. The van der Waals surface area contributed by atoms with E-state index in [-0.39, 0.29) is 41.0 Å². The summed E-state index contributed by atoms with van der Waals surface area (Å²) in [5, 5.41) is 10.1. The minimum Gasteiger partial charge on any atom is -0.459 e. The Kier molecular flexibility index (Phi) is 3.76. The third-order valence-electron chi connectivity index (χ3n) is 6.33. The molecule has 22 heavy (non-hydrogen) atoms. The van der Waals surface area contributed by atoms with Gasteiger partial charge in [-0.1, -0.05) is 27.7 Å². The van der Waals surface area contributed by atoms with Gasteiger partial charge in [0.25, 0.3) is 0 Å². The van der Waals surface area contributed by atoms with Crippen LogP contribution in [-0.4, -0.2) is 44.5 Å². The number of hydrogen-bond acceptors (Lipinski definition) is 5. The van der Waals surface area contributed by atoms with Gasteiger partial charge in [-0.25, -0.2) is 0 Å². The second kappa shape index (κ2) is 5.03. The Morgan fingerprint density at radius 1 is 1.32 bits per heavy atom. The minimum atomic E-state index is -1.95. The summed E-state index contributed by atoms with van der Waals surface area (Å²) in [6.45, 7) is 13.7. The molecule has 0 aromatic carbocycles. The van der Waals surface area contributed by atoms with Gasteiger partial charge in [0.1, 0.15) is 12.0 Å². The summed E-state index contributed by atoms with van der Waals surface area (Å²) in [5.41, 5.74) is 0. The molecule has 0 amide bonds. The molecule has 7 atom stereocenters. The maximum absolute atomic E-state index is 12.1. The molecule has 1 N–H and O–H groups in total. The molecule has 3 fully saturated rings. The zero-order chi connectivity index (χ0) is 16.4. The zero-order valence-corrected chi connectivity index (χ0v) is 15.3. The molecule has 3 aliphatic rings. The summed E-state index contributed by atoms with van der Waals surface area (Å²) in [6, 6.07) is 0. The van der Waals surface area contributed by atoms with E-state index in [9.17, 15) is 9.90 Å². The molecule has 5 nitrogen and oxygen atoms in total. The molecule has 126 valence electrons. The predicted octanol–water partition coefficient (Wildman–Crippen LogP) is 2.15. The van der Waals surface area contributed by atoms with Crippen molar-refractivity contribution in [1.29, 1.82) is 0 Å². The van der Waals surface area contributed by atoms with Crippen LogP contribution in [0, 0.1) is 23.7 Å².